The molecule has 0 aromatic heterocycles. The topological polar surface area (TPSA) is 38.8 Å². The monoisotopic (exact) mass is 325 g/mol. The molecule has 1 heterocycles. The maximum atomic E-state index is 12.2. The Balaban J connectivity index is 1.78. The van der Waals surface area contributed by atoms with Crippen molar-refractivity contribution < 1.29 is 14.3 Å². The van der Waals surface area contributed by atoms with Gasteiger partial charge in [0.05, 0.1) is 20.1 Å². The zero-order valence-electron chi connectivity index (χ0n) is 14.1. The summed E-state index contributed by atoms with van der Waals surface area (Å²) >= 11 is 0. The Labute approximate surface area is 143 Å². The van der Waals surface area contributed by atoms with Crippen molar-refractivity contribution in [1.82, 2.24) is 4.90 Å². The third kappa shape index (κ3) is 3.60. The van der Waals surface area contributed by atoms with Crippen LogP contribution in [0.15, 0.2) is 54.6 Å². The number of benzene rings is 2. The molecule has 0 unspecified atom stereocenters. The number of hydrogen-bond acceptors (Lipinski definition) is 4. The van der Waals surface area contributed by atoms with Crippen molar-refractivity contribution in [2.24, 2.45) is 5.92 Å². The van der Waals surface area contributed by atoms with Crippen molar-refractivity contribution in [3.63, 3.8) is 0 Å². The van der Waals surface area contributed by atoms with Crippen LogP contribution in [0.2, 0.25) is 0 Å². The predicted molar refractivity (Wildman–Crippen MR) is 93.0 cm³/mol. The summed E-state index contributed by atoms with van der Waals surface area (Å²) in [4.78, 5) is 14.6. The molecule has 0 aliphatic carbocycles. The van der Waals surface area contributed by atoms with E-state index in [2.05, 4.69) is 17.0 Å². The molecule has 4 nitrogen and oxygen atoms in total. The second-order valence-electron chi connectivity index (χ2n) is 6.19. The zero-order chi connectivity index (χ0) is 16.9. The van der Waals surface area contributed by atoms with Gasteiger partial charge in [-0.2, -0.15) is 0 Å². The van der Waals surface area contributed by atoms with Gasteiger partial charge in [0.1, 0.15) is 5.75 Å². The molecule has 0 radical (unpaired) electrons. The van der Waals surface area contributed by atoms with Crippen molar-refractivity contribution >= 4 is 5.97 Å². The predicted octanol–water partition coefficient (Wildman–Crippen LogP) is 3.08. The molecule has 0 spiro atoms. The minimum Gasteiger partial charge on any atom is -0.497 e. The molecule has 0 bridgehead atoms. The van der Waals surface area contributed by atoms with Gasteiger partial charge in [0.25, 0.3) is 0 Å². The molecule has 24 heavy (non-hydrogen) atoms. The highest BCUT2D eigenvalue weighted by Crippen LogP contribution is 2.35. The maximum Gasteiger partial charge on any atom is 0.310 e. The van der Waals surface area contributed by atoms with Crippen LogP contribution in [-0.2, 0) is 16.1 Å². The molecule has 1 saturated heterocycles. The fourth-order valence-electron chi connectivity index (χ4n) is 3.44. The van der Waals surface area contributed by atoms with E-state index >= 15 is 0 Å². The van der Waals surface area contributed by atoms with Gasteiger partial charge in [0, 0.05) is 25.6 Å². The molecule has 0 saturated carbocycles. The summed E-state index contributed by atoms with van der Waals surface area (Å²) in [6.45, 7) is 2.42. The van der Waals surface area contributed by atoms with Gasteiger partial charge in [-0.3, -0.25) is 9.69 Å². The normalized spacial score (nSPS) is 20.8. The van der Waals surface area contributed by atoms with Crippen LogP contribution in [0, 0.1) is 5.92 Å². The summed E-state index contributed by atoms with van der Waals surface area (Å²) in [7, 11) is 3.12. The third-order valence-corrected chi connectivity index (χ3v) is 4.69. The summed E-state index contributed by atoms with van der Waals surface area (Å²) in [5.41, 5.74) is 2.42. The highest BCUT2D eigenvalue weighted by molar-refractivity contribution is 5.74. The third-order valence-electron chi connectivity index (χ3n) is 4.69. The summed E-state index contributed by atoms with van der Waals surface area (Å²) in [5.74, 6) is 0.707. The highest BCUT2D eigenvalue weighted by atomic mass is 16.5. The first-order valence-electron chi connectivity index (χ1n) is 8.19. The number of esters is 1. The van der Waals surface area contributed by atoms with Crippen molar-refractivity contribution in [3.05, 3.63) is 65.7 Å². The minimum absolute atomic E-state index is 0.132. The van der Waals surface area contributed by atoms with E-state index in [1.807, 2.05) is 42.5 Å². The number of rotatable bonds is 5. The van der Waals surface area contributed by atoms with E-state index in [1.165, 1.54) is 12.7 Å². The Kier molecular flexibility index (Phi) is 5.16. The first-order chi connectivity index (χ1) is 11.7. The van der Waals surface area contributed by atoms with E-state index in [0.29, 0.717) is 0 Å². The summed E-state index contributed by atoms with van der Waals surface area (Å²) in [5, 5.41) is 0. The van der Waals surface area contributed by atoms with Crippen LogP contribution in [-0.4, -0.2) is 38.2 Å². The first-order valence-corrected chi connectivity index (χ1v) is 8.19. The van der Waals surface area contributed by atoms with Gasteiger partial charge in [-0.25, -0.2) is 0 Å². The lowest BCUT2D eigenvalue weighted by molar-refractivity contribution is -0.145. The molecular formula is C20H23NO3. The molecule has 4 heteroatoms. The van der Waals surface area contributed by atoms with Gasteiger partial charge in [-0.05, 0) is 23.3 Å². The van der Waals surface area contributed by atoms with Gasteiger partial charge in [-0.1, -0.05) is 42.5 Å². The SMILES string of the molecule is COC(=O)[C@H]1CN(Cc2ccccc2)C[C@H]1c1ccc(OC)cc1. The van der Waals surface area contributed by atoms with E-state index in [1.54, 1.807) is 7.11 Å². The molecule has 0 N–H and O–H groups in total. The minimum atomic E-state index is -0.133. The second kappa shape index (κ2) is 7.49. The number of ether oxygens (including phenoxy) is 2. The fourth-order valence-corrected chi connectivity index (χ4v) is 3.44. The standard InChI is InChI=1S/C20H23NO3/c1-23-17-10-8-16(9-11-17)18-13-21(14-19(18)20(22)24-2)12-15-6-4-3-5-7-15/h3-11,18-19H,12-14H2,1-2H3/t18-,19-/m0/s1. The van der Waals surface area contributed by atoms with E-state index in [9.17, 15) is 4.79 Å². The summed E-state index contributed by atoms with van der Waals surface area (Å²) < 4.78 is 10.3. The fraction of sp³-hybridized carbons (Fsp3) is 0.350. The molecule has 1 fully saturated rings. The molecule has 126 valence electrons. The van der Waals surface area contributed by atoms with Gasteiger partial charge in [-0.15, -0.1) is 0 Å². The van der Waals surface area contributed by atoms with E-state index < -0.39 is 0 Å². The van der Waals surface area contributed by atoms with Crippen molar-refractivity contribution in [3.8, 4) is 5.75 Å². The second-order valence-corrected chi connectivity index (χ2v) is 6.19. The molecule has 1 aliphatic rings. The lowest BCUT2D eigenvalue weighted by Gasteiger charge is -2.17. The van der Waals surface area contributed by atoms with Crippen molar-refractivity contribution in [1.29, 1.82) is 0 Å². The average molecular weight is 325 g/mol. The van der Waals surface area contributed by atoms with E-state index in [0.717, 1.165) is 30.9 Å². The maximum absolute atomic E-state index is 12.2. The average Bonchev–Trinajstić information content (AvgIpc) is 3.05. The van der Waals surface area contributed by atoms with Crippen molar-refractivity contribution in [2.75, 3.05) is 27.3 Å². The lowest BCUT2D eigenvalue weighted by Crippen LogP contribution is -2.24. The largest absolute Gasteiger partial charge is 0.497 e. The molecule has 2 atom stereocenters. The molecule has 2 aromatic carbocycles. The smallest absolute Gasteiger partial charge is 0.310 e. The zero-order valence-corrected chi connectivity index (χ0v) is 14.1. The summed E-state index contributed by atoms with van der Waals surface area (Å²) in [6.07, 6.45) is 0. The Morgan fingerprint density at radius 2 is 1.75 bits per heavy atom. The number of carbonyl (C=O) groups is 1. The van der Waals surface area contributed by atoms with Crippen molar-refractivity contribution in [2.45, 2.75) is 12.5 Å². The van der Waals surface area contributed by atoms with Gasteiger partial charge in [0.15, 0.2) is 0 Å². The van der Waals surface area contributed by atoms with Crippen LogP contribution in [0.25, 0.3) is 0 Å². The number of methoxy groups -OCH3 is 2. The van der Waals surface area contributed by atoms with Gasteiger partial charge >= 0.3 is 5.97 Å². The van der Waals surface area contributed by atoms with Gasteiger partial charge in [0.2, 0.25) is 0 Å². The van der Waals surface area contributed by atoms with Crippen LogP contribution in [0.4, 0.5) is 0 Å². The molecule has 0 amide bonds. The Morgan fingerprint density at radius 3 is 2.38 bits per heavy atom. The van der Waals surface area contributed by atoms with Gasteiger partial charge < -0.3 is 9.47 Å². The van der Waals surface area contributed by atoms with E-state index in [-0.39, 0.29) is 17.8 Å². The van der Waals surface area contributed by atoms with Crippen LogP contribution in [0.1, 0.15) is 17.0 Å². The number of likely N-dealkylation sites (tertiary alicyclic amines) is 1. The molecular weight excluding hydrogens is 302 g/mol. The van der Waals surface area contributed by atoms with Crippen LogP contribution >= 0.6 is 0 Å². The number of carbonyl (C=O) groups excluding carboxylic acids is 1. The Hall–Kier alpha value is -2.33. The van der Waals surface area contributed by atoms with Crippen LogP contribution in [0.5, 0.6) is 5.75 Å². The van der Waals surface area contributed by atoms with Crippen LogP contribution < -0.4 is 4.74 Å². The van der Waals surface area contributed by atoms with Crippen LogP contribution in [0.3, 0.4) is 0 Å². The Morgan fingerprint density at radius 1 is 1.04 bits per heavy atom. The highest BCUT2D eigenvalue weighted by Gasteiger charge is 2.39. The quantitative estimate of drug-likeness (QED) is 0.792. The Bertz CT molecular complexity index is 669. The first kappa shape index (κ1) is 16.5. The van der Waals surface area contributed by atoms with E-state index in [4.69, 9.17) is 9.47 Å². The summed E-state index contributed by atoms with van der Waals surface area (Å²) in [6, 6.07) is 18.3. The molecule has 1 aliphatic heterocycles. The lowest BCUT2D eigenvalue weighted by atomic mass is 9.89. The number of hydrogen-bond donors (Lipinski definition) is 0. The molecule has 2 aromatic rings. The molecule has 3 rings (SSSR count). The number of nitrogens with zero attached hydrogens (tertiary/aromatic N) is 1.